The lowest BCUT2D eigenvalue weighted by Gasteiger charge is -2.21. The minimum atomic E-state index is -4.95. The van der Waals surface area contributed by atoms with E-state index in [1.165, 1.54) is 135 Å². The zero-order valence-corrected chi connectivity index (χ0v) is 58.4. The van der Waals surface area contributed by atoms with E-state index < -0.39 is 97.5 Å². The molecule has 6 atom stereocenters. The summed E-state index contributed by atoms with van der Waals surface area (Å²) in [4.78, 5) is 72.4. The van der Waals surface area contributed by atoms with Gasteiger partial charge in [0.1, 0.15) is 19.3 Å². The average molecular weight is 1280 g/mol. The van der Waals surface area contributed by atoms with Crippen molar-refractivity contribution in [1.82, 2.24) is 0 Å². The molecule has 0 spiro atoms. The summed E-state index contributed by atoms with van der Waals surface area (Å²) in [5.41, 5.74) is 0. The van der Waals surface area contributed by atoms with Crippen molar-refractivity contribution >= 4 is 39.5 Å². The molecule has 17 nitrogen and oxygen atoms in total. The van der Waals surface area contributed by atoms with Gasteiger partial charge in [-0.3, -0.25) is 37.3 Å². The fraction of sp³-hybridized carbons (Fsp3) is 0.941. The molecule has 19 heteroatoms. The second kappa shape index (κ2) is 57.9. The van der Waals surface area contributed by atoms with Gasteiger partial charge >= 0.3 is 39.5 Å². The highest BCUT2D eigenvalue weighted by Crippen LogP contribution is 2.45. The second-order valence-corrected chi connectivity index (χ2v) is 29.1. The molecule has 87 heavy (non-hydrogen) atoms. The number of rotatable bonds is 65. The molecular weight excluding hydrogens is 1150 g/mol. The largest absolute Gasteiger partial charge is 0.472 e. The van der Waals surface area contributed by atoms with Crippen LogP contribution in [0.15, 0.2) is 0 Å². The number of carbonyl (C=O) groups is 4. The predicted octanol–water partition coefficient (Wildman–Crippen LogP) is 18.9. The van der Waals surface area contributed by atoms with E-state index in [9.17, 15) is 43.2 Å². The summed E-state index contributed by atoms with van der Waals surface area (Å²) < 4.78 is 68.2. The quantitative estimate of drug-likeness (QED) is 0.0222. The van der Waals surface area contributed by atoms with Crippen molar-refractivity contribution in [1.29, 1.82) is 0 Å². The van der Waals surface area contributed by atoms with Gasteiger partial charge in [0.2, 0.25) is 0 Å². The number of carbonyl (C=O) groups excluding carboxylic acids is 4. The molecule has 0 rings (SSSR count). The summed E-state index contributed by atoms with van der Waals surface area (Å²) in [5.74, 6) is 0.842. The van der Waals surface area contributed by atoms with E-state index >= 15 is 0 Å². The van der Waals surface area contributed by atoms with Gasteiger partial charge in [0.15, 0.2) is 12.2 Å². The molecule has 0 bridgehead atoms. The molecule has 0 saturated heterocycles. The van der Waals surface area contributed by atoms with E-state index in [-0.39, 0.29) is 25.7 Å². The summed E-state index contributed by atoms with van der Waals surface area (Å²) >= 11 is 0. The fourth-order valence-electron chi connectivity index (χ4n) is 10.1. The number of phosphoric acid groups is 2. The Kier molecular flexibility index (Phi) is 56.6. The molecule has 0 aromatic rings. The van der Waals surface area contributed by atoms with Gasteiger partial charge in [-0.2, -0.15) is 0 Å². The van der Waals surface area contributed by atoms with Crippen LogP contribution in [-0.4, -0.2) is 96.7 Å². The van der Waals surface area contributed by atoms with Crippen LogP contribution in [0.2, 0.25) is 0 Å². The first kappa shape index (κ1) is 85.1. The first-order chi connectivity index (χ1) is 41.6. The molecule has 0 amide bonds. The zero-order chi connectivity index (χ0) is 64.7. The third-order valence-electron chi connectivity index (χ3n) is 15.9. The normalized spacial score (nSPS) is 14.6. The molecule has 0 heterocycles. The first-order valence-electron chi connectivity index (χ1n) is 35.2. The molecule has 0 saturated carbocycles. The number of phosphoric ester groups is 2. The van der Waals surface area contributed by atoms with Gasteiger partial charge in [-0.25, -0.2) is 9.13 Å². The fourth-order valence-corrected chi connectivity index (χ4v) is 11.7. The molecule has 3 N–H and O–H groups in total. The van der Waals surface area contributed by atoms with Crippen molar-refractivity contribution in [2.75, 3.05) is 39.6 Å². The topological polar surface area (TPSA) is 237 Å². The van der Waals surface area contributed by atoms with Crippen molar-refractivity contribution in [3.63, 3.8) is 0 Å². The highest BCUT2D eigenvalue weighted by molar-refractivity contribution is 7.47. The van der Waals surface area contributed by atoms with Crippen LogP contribution in [0.5, 0.6) is 0 Å². The maximum absolute atomic E-state index is 13.0. The standard InChI is InChI=1S/C68H132O17P2/c1-9-61(8)47-39-31-23-17-19-27-35-43-51-68(73)85-64(55-79-66(71)49-41-33-25-18-16-22-30-38-46-60(6)7)57-83-87(76,77)81-53-62(69)52-80-86(74,75)82-56-63(84-67(72)50-42-34-26-15-11-13-21-29-37-45-59(4)5)54-78-65(70)48-40-32-24-14-10-12-20-28-36-44-58(2)3/h58-64,69H,9-57H2,1-8H3,(H,74,75)(H,76,77)/t61?,62?,63-,64-/m1/s1. The smallest absolute Gasteiger partial charge is 0.462 e. The Morgan fingerprint density at radius 3 is 0.816 bits per heavy atom. The molecule has 0 aliphatic carbocycles. The first-order valence-corrected chi connectivity index (χ1v) is 38.2. The minimum Gasteiger partial charge on any atom is -0.462 e. The summed E-state index contributed by atoms with van der Waals surface area (Å²) in [7, 11) is -9.90. The van der Waals surface area contributed by atoms with Gasteiger partial charge in [0.05, 0.1) is 26.4 Å². The molecule has 0 fully saturated rings. The van der Waals surface area contributed by atoms with Crippen LogP contribution in [0.3, 0.4) is 0 Å². The molecule has 516 valence electrons. The van der Waals surface area contributed by atoms with Crippen LogP contribution < -0.4 is 0 Å². The van der Waals surface area contributed by atoms with Crippen LogP contribution in [0.4, 0.5) is 0 Å². The zero-order valence-electron chi connectivity index (χ0n) is 56.6. The van der Waals surface area contributed by atoms with Gasteiger partial charge in [-0.15, -0.1) is 0 Å². The Hall–Kier alpha value is -1.94. The highest BCUT2D eigenvalue weighted by atomic mass is 31.2. The van der Waals surface area contributed by atoms with E-state index in [1.807, 2.05) is 0 Å². The van der Waals surface area contributed by atoms with E-state index in [1.54, 1.807) is 0 Å². The lowest BCUT2D eigenvalue weighted by atomic mass is 9.99. The van der Waals surface area contributed by atoms with Crippen molar-refractivity contribution in [3.8, 4) is 0 Å². The van der Waals surface area contributed by atoms with Crippen molar-refractivity contribution in [2.45, 2.75) is 350 Å². The van der Waals surface area contributed by atoms with E-state index in [2.05, 4.69) is 55.4 Å². The number of aliphatic hydroxyl groups excluding tert-OH is 1. The molecule has 0 aliphatic heterocycles. The van der Waals surface area contributed by atoms with Crippen LogP contribution in [0.1, 0.15) is 331 Å². The predicted molar refractivity (Wildman–Crippen MR) is 349 cm³/mol. The number of aliphatic hydroxyl groups is 1. The second-order valence-electron chi connectivity index (χ2n) is 26.2. The van der Waals surface area contributed by atoms with Crippen LogP contribution in [0, 0.1) is 23.7 Å². The molecule has 0 aromatic carbocycles. The summed E-state index contributed by atoms with van der Waals surface area (Å²) in [6, 6.07) is 0. The van der Waals surface area contributed by atoms with Crippen molar-refractivity contribution in [3.05, 3.63) is 0 Å². The summed E-state index contributed by atoms with van der Waals surface area (Å²) in [5, 5.41) is 10.6. The Balaban J connectivity index is 5.27. The number of hydrogen-bond donors (Lipinski definition) is 3. The number of hydrogen-bond acceptors (Lipinski definition) is 15. The Morgan fingerprint density at radius 2 is 0.552 bits per heavy atom. The van der Waals surface area contributed by atoms with Crippen molar-refractivity contribution in [2.24, 2.45) is 23.7 Å². The lowest BCUT2D eigenvalue weighted by molar-refractivity contribution is -0.161. The maximum atomic E-state index is 13.0. The molecule has 0 aliphatic rings. The molecule has 0 aromatic heterocycles. The third kappa shape index (κ3) is 61.3. The maximum Gasteiger partial charge on any atom is 0.472 e. The van der Waals surface area contributed by atoms with Crippen LogP contribution in [0.25, 0.3) is 0 Å². The SMILES string of the molecule is CCC(C)CCCCCCCCCCC(=O)O[C@H](COC(=O)CCCCCCCCCCC(C)C)COP(=O)(O)OCC(O)COP(=O)(O)OC[C@@H](COC(=O)CCCCCCCCCCCC(C)C)OC(=O)CCCCCCCCCCCC(C)C. The number of esters is 4. The van der Waals surface area contributed by atoms with Gasteiger partial charge in [-0.1, -0.05) is 280 Å². The summed E-state index contributed by atoms with van der Waals surface area (Å²) in [6.45, 7) is 14.0. The highest BCUT2D eigenvalue weighted by Gasteiger charge is 2.30. The minimum absolute atomic E-state index is 0.104. The van der Waals surface area contributed by atoms with E-state index in [4.69, 9.17) is 37.0 Å². The van der Waals surface area contributed by atoms with Crippen LogP contribution in [-0.2, 0) is 65.4 Å². The van der Waals surface area contributed by atoms with Gasteiger partial charge in [-0.05, 0) is 49.4 Å². The Labute approximate surface area is 530 Å². The van der Waals surface area contributed by atoms with Gasteiger partial charge < -0.3 is 33.8 Å². The lowest BCUT2D eigenvalue weighted by Crippen LogP contribution is -2.30. The van der Waals surface area contributed by atoms with Crippen LogP contribution >= 0.6 is 15.6 Å². The summed E-state index contributed by atoms with van der Waals surface area (Å²) in [6.07, 6.45) is 38.9. The molecule has 0 radical (unpaired) electrons. The average Bonchev–Trinajstić information content (AvgIpc) is 3.56. The van der Waals surface area contributed by atoms with Crippen molar-refractivity contribution < 1.29 is 80.2 Å². The van der Waals surface area contributed by atoms with Gasteiger partial charge in [0, 0.05) is 25.7 Å². The monoisotopic (exact) mass is 1280 g/mol. The number of ether oxygens (including phenoxy) is 4. The van der Waals surface area contributed by atoms with E-state index in [0.717, 1.165) is 114 Å². The molecular formula is C68H132O17P2. The number of unbranched alkanes of at least 4 members (excludes halogenated alkanes) is 30. The molecule has 4 unspecified atom stereocenters. The van der Waals surface area contributed by atoms with E-state index in [0.29, 0.717) is 25.7 Å². The Morgan fingerprint density at radius 1 is 0.322 bits per heavy atom. The third-order valence-corrected chi connectivity index (χ3v) is 17.8. The Bertz CT molecular complexity index is 1730. The van der Waals surface area contributed by atoms with Gasteiger partial charge in [0.25, 0.3) is 0 Å².